The first-order chi connectivity index (χ1) is 8.36. The van der Waals surface area contributed by atoms with E-state index in [-0.39, 0.29) is 15.7 Å². The lowest BCUT2D eigenvalue weighted by atomic mass is 10.3. The molecule has 18 heavy (non-hydrogen) atoms. The van der Waals surface area contributed by atoms with Crippen molar-refractivity contribution in [1.82, 2.24) is 19.3 Å². The van der Waals surface area contributed by atoms with E-state index in [1.54, 1.807) is 25.9 Å². The summed E-state index contributed by atoms with van der Waals surface area (Å²) in [6, 6.07) is -0.0354. The van der Waals surface area contributed by atoms with Crippen LogP contribution in [0.4, 0.5) is 0 Å². The van der Waals surface area contributed by atoms with Crippen molar-refractivity contribution >= 4 is 37.7 Å². The first-order valence-electron chi connectivity index (χ1n) is 5.38. The predicted octanol–water partition coefficient (Wildman–Crippen LogP) is 1.34. The minimum absolute atomic E-state index is 0.0354. The first kappa shape index (κ1) is 15.9. The molecule has 6 nitrogen and oxygen atoms in total. The van der Waals surface area contributed by atoms with Gasteiger partial charge in [0.05, 0.1) is 0 Å². The Morgan fingerprint density at radius 3 is 2.56 bits per heavy atom. The molecule has 1 heterocycles. The highest BCUT2D eigenvalue weighted by molar-refractivity contribution is 9.10. The Hall–Kier alpha value is -0.120. The summed E-state index contributed by atoms with van der Waals surface area (Å²) in [7, 11) is -0.420. The zero-order valence-electron chi connectivity index (χ0n) is 10.8. The molecule has 1 unspecified atom stereocenters. The Bertz CT molecular complexity index is 483. The molecule has 0 amide bonds. The Morgan fingerprint density at radius 2 is 2.17 bits per heavy atom. The molecule has 1 aromatic heterocycles. The van der Waals surface area contributed by atoms with Gasteiger partial charge in [0.1, 0.15) is 0 Å². The van der Waals surface area contributed by atoms with Crippen LogP contribution in [0.25, 0.3) is 0 Å². The third-order valence-electron chi connectivity index (χ3n) is 2.71. The molecule has 0 N–H and O–H groups in total. The van der Waals surface area contributed by atoms with Gasteiger partial charge < -0.3 is 0 Å². The van der Waals surface area contributed by atoms with Crippen LogP contribution in [0.3, 0.4) is 0 Å². The van der Waals surface area contributed by atoms with Crippen LogP contribution in [0, 0.1) is 0 Å². The van der Waals surface area contributed by atoms with Crippen molar-refractivity contribution in [3.05, 3.63) is 4.60 Å². The van der Waals surface area contributed by atoms with Crippen LogP contribution in [-0.2, 0) is 17.1 Å². The molecule has 0 aliphatic rings. The molecule has 0 saturated heterocycles. The van der Waals surface area contributed by atoms with E-state index in [1.807, 2.05) is 13.2 Å². The van der Waals surface area contributed by atoms with Crippen molar-refractivity contribution < 1.29 is 8.42 Å². The van der Waals surface area contributed by atoms with Crippen molar-refractivity contribution in [3.63, 3.8) is 0 Å². The third kappa shape index (κ3) is 3.06. The molecular formula is C9H17BrN4O2S2. The summed E-state index contributed by atoms with van der Waals surface area (Å²) in [5.41, 5.74) is 0. The maximum Gasteiger partial charge on any atom is 0.263 e. The summed E-state index contributed by atoms with van der Waals surface area (Å²) in [5, 5.41) is 7.51. The van der Waals surface area contributed by atoms with Crippen LogP contribution in [-0.4, -0.2) is 52.8 Å². The molecule has 0 fully saturated rings. The van der Waals surface area contributed by atoms with Crippen molar-refractivity contribution in [2.45, 2.75) is 24.4 Å². The topological polar surface area (TPSA) is 68.1 Å². The third-order valence-corrected chi connectivity index (χ3v) is 6.22. The highest BCUT2D eigenvalue weighted by atomic mass is 79.9. The normalized spacial score (nSPS) is 14.1. The Labute approximate surface area is 120 Å². The summed E-state index contributed by atoms with van der Waals surface area (Å²) >= 11 is 4.75. The predicted molar refractivity (Wildman–Crippen MR) is 76.1 cm³/mol. The van der Waals surface area contributed by atoms with Crippen LogP contribution in [0.5, 0.6) is 0 Å². The average Bonchev–Trinajstić information content (AvgIpc) is 2.65. The number of nitrogens with zero attached hydrogens (tertiary/aromatic N) is 4. The molecule has 0 saturated carbocycles. The molecule has 9 heteroatoms. The molecular weight excluding hydrogens is 340 g/mol. The lowest BCUT2D eigenvalue weighted by Crippen LogP contribution is -2.39. The van der Waals surface area contributed by atoms with E-state index in [1.165, 1.54) is 8.99 Å². The molecule has 0 spiro atoms. The minimum atomic E-state index is -3.58. The second-order valence-corrected chi connectivity index (χ2v) is 7.42. The van der Waals surface area contributed by atoms with Gasteiger partial charge in [0.25, 0.3) is 10.0 Å². The maximum atomic E-state index is 12.5. The van der Waals surface area contributed by atoms with Crippen LogP contribution >= 0.6 is 27.7 Å². The van der Waals surface area contributed by atoms with E-state index < -0.39 is 10.0 Å². The van der Waals surface area contributed by atoms with Crippen LogP contribution < -0.4 is 0 Å². The minimum Gasteiger partial charge on any atom is -0.235 e. The zero-order valence-corrected chi connectivity index (χ0v) is 14.0. The number of aryl methyl sites for hydroxylation is 1. The van der Waals surface area contributed by atoms with E-state index in [0.29, 0.717) is 0 Å². The maximum absolute atomic E-state index is 12.5. The quantitative estimate of drug-likeness (QED) is 0.769. The van der Waals surface area contributed by atoms with Gasteiger partial charge in [-0.15, -0.1) is 5.10 Å². The summed E-state index contributed by atoms with van der Waals surface area (Å²) < 4.78 is 27.9. The standard InChI is InChI=1S/C9H17BrN4O2S2/c1-5-7(6-17-4)14(3)18(15,16)9-8(10)11-12-13(9)2/h7H,5-6H2,1-4H3. The largest absolute Gasteiger partial charge is 0.263 e. The van der Waals surface area contributed by atoms with Gasteiger partial charge in [0.15, 0.2) is 4.60 Å². The van der Waals surface area contributed by atoms with Crippen LogP contribution in [0.2, 0.25) is 0 Å². The van der Waals surface area contributed by atoms with E-state index >= 15 is 0 Å². The molecule has 0 bridgehead atoms. The second kappa shape index (κ2) is 6.36. The second-order valence-electron chi connectivity index (χ2n) is 3.85. The fourth-order valence-corrected chi connectivity index (χ4v) is 4.99. The average molecular weight is 357 g/mol. The van der Waals surface area contributed by atoms with Crippen LogP contribution in [0.15, 0.2) is 9.63 Å². The summed E-state index contributed by atoms with van der Waals surface area (Å²) in [6.07, 6.45) is 2.73. The lowest BCUT2D eigenvalue weighted by molar-refractivity contribution is 0.381. The van der Waals surface area contributed by atoms with E-state index in [2.05, 4.69) is 26.2 Å². The number of sulfonamides is 1. The van der Waals surface area contributed by atoms with E-state index in [0.717, 1.165) is 12.2 Å². The molecule has 0 aromatic carbocycles. The molecule has 1 rings (SSSR count). The fraction of sp³-hybridized carbons (Fsp3) is 0.778. The number of halogens is 1. The highest BCUT2D eigenvalue weighted by Gasteiger charge is 2.32. The summed E-state index contributed by atoms with van der Waals surface area (Å²) in [5.74, 6) is 0.759. The molecule has 0 radical (unpaired) electrons. The lowest BCUT2D eigenvalue weighted by Gasteiger charge is -2.25. The van der Waals surface area contributed by atoms with Gasteiger partial charge in [-0.2, -0.15) is 16.1 Å². The summed E-state index contributed by atoms with van der Waals surface area (Å²) in [6.45, 7) is 1.98. The number of hydrogen-bond acceptors (Lipinski definition) is 5. The molecule has 0 aliphatic carbocycles. The fourth-order valence-electron chi connectivity index (χ4n) is 1.60. The zero-order chi connectivity index (χ0) is 13.9. The molecule has 1 atom stereocenters. The SMILES string of the molecule is CCC(CSC)N(C)S(=O)(=O)c1c(Br)nnn1C. The van der Waals surface area contributed by atoms with E-state index in [4.69, 9.17) is 0 Å². The van der Waals surface area contributed by atoms with Gasteiger partial charge in [0.2, 0.25) is 5.03 Å². The Kier molecular flexibility index (Phi) is 5.63. The van der Waals surface area contributed by atoms with E-state index in [9.17, 15) is 8.42 Å². The number of rotatable bonds is 6. The van der Waals surface area contributed by atoms with Crippen molar-refractivity contribution in [2.75, 3.05) is 19.1 Å². The van der Waals surface area contributed by atoms with Crippen molar-refractivity contribution in [2.24, 2.45) is 7.05 Å². The van der Waals surface area contributed by atoms with Crippen molar-refractivity contribution in [3.8, 4) is 0 Å². The highest BCUT2D eigenvalue weighted by Crippen LogP contribution is 2.24. The smallest absolute Gasteiger partial charge is 0.235 e. The molecule has 0 aliphatic heterocycles. The Morgan fingerprint density at radius 1 is 1.56 bits per heavy atom. The van der Waals surface area contributed by atoms with Gasteiger partial charge >= 0.3 is 0 Å². The van der Waals surface area contributed by atoms with Crippen molar-refractivity contribution in [1.29, 1.82) is 0 Å². The van der Waals surface area contributed by atoms with Gasteiger partial charge in [-0.3, -0.25) is 0 Å². The number of hydrogen-bond donors (Lipinski definition) is 0. The van der Waals surface area contributed by atoms with Gasteiger partial charge in [-0.25, -0.2) is 13.1 Å². The Balaban J connectivity index is 3.14. The first-order valence-corrected chi connectivity index (χ1v) is 9.01. The summed E-state index contributed by atoms with van der Waals surface area (Å²) in [4.78, 5) is 0. The monoisotopic (exact) mass is 356 g/mol. The van der Waals surface area contributed by atoms with Gasteiger partial charge in [-0.1, -0.05) is 12.1 Å². The number of aromatic nitrogens is 3. The molecule has 104 valence electrons. The van der Waals surface area contributed by atoms with Crippen LogP contribution in [0.1, 0.15) is 13.3 Å². The van der Waals surface area contributed by atoms with Gasteiger partial charge in [-0.05, 0) is 28.6 Å². The molecule has 1 aromatic rings. The number of thioether (sulfide) groups is 1. The van der Waals surface area contributed by atoms with Gasteiger partial charge in [0, 0.05) is 25.9 Å².